The predicted molar refractivity (Wildman–Crippen MR) is 135 cm³/mol. The van der Waals surface area contributed by atoms with Gasteiger partial charge in [0, 0.05) is 16.8 Å². The normalized spacial score (nSPS) is 14.2. The van der Waals surface area contributed by atoms with E-state index in [-0.39, 0.29) is 0 Å². The SMILES string of the molecule is CCOc1nc2c(C)cc(C)nc2n1Cc1ccc2c(c1)CCc1ccccc1C2=C(C)C#N. The second-order valence-corrected chi connectivity index (χ2v) is 8.93. The highest BCUT2D eigenvalue weighted by atomic mass is 16.5. The van der Waals surface area contributed by atoms with Gasteiger partial charge in [0.05, 0.1) is 19.2 Å². The summed E-state index contributed by atoms with van der Waals surface area (Å²) in [6.45, 7) is 9.13. The van der Waals surface area contributed by atoms with Crippen LogP contribution in [0.3, 0.4) is 0 Å². The Morgan fingerprint density at radius 1 is 1.03 bits per heavy atom. The van der Waals surface area contributed by atoms with Crippen molar-refractivity contribution >= 4 is 16.7 Å². The van der Waals surface area contributed by atoms with E-state index in [9.17, 15) is 5.26 Å². The highest BCUT2D eigenvalue weighted by Gasteiger charge is 2.21. The van der Waals surface area contributed by atoms with Crippen LogP contribution in [-0.4, -0.2) is 21.1 Å². The van der Waals surface area contributed by atoms with Gasteiger partial charge >= 0.3 is 0 Å². The van der Waals surface area contributed by atoms with Crippen LogP contribution in [0.4, 0.5) is 0 Å². The van der Waals surface area contributed by atoms with E-state index in [2.05, 4.69) is 66.1 Å². The van der Waals surface area contributed by atoms with Gasteiger partial charge in [-0.3, -0.25) is 4.57 Å². The summed E-state index contributed by atoms with van der Waals surface area (Å²) in [5, 5.41) is 9.74. The largest absolute Gasteiger partial charge is 0.465 e. The van der Waals surface area contributed by atoms with Gasteiger partial charge in [0.15, 0.2) is 5.65 Å². The highest BCUT2D eigenvalue weighted by molar-refractivity contribution is 5.87. The minimum atomic E-state index is 0.547. The summed E-state index contributed by atoms with van der Waals surface area (Å²) >= 11 is 0. The molecule has 4 aromatic rings. The topological polar surface area (TPSA) is 63.7 Å². The fourth-order valence-electron chi connectivity index (χ4n) is 5.00. The van der Waals surface area contributed by atoms with Crippen molar-refractivity contribution < 1.29 is 4.74 Å². The van der Waals surface area contributed by atoms with Crippen LogP contribution in [0, 0.1) is 25.2 Å². The summed E-state index contributed by atoms with van der Waals surface area (Å²) in [4.78, 5) is 9.54. The van der Waals surface area contributed by atoms with Crippen LogP contribution in [0.2, 0.25) is 0 Å². The zero-order valence-electron chi connectivity index (χ0n) is 20.1. The lowest BCUT2D eigenvalue weighted by Crippen LogP contribution is -2.07. The van der Waals surface area contributed by atoms with E-state index in [1.807, 2.05) is 20.8 Å². The van der Waals surface area contributed by atoms with Gasteiger partial charge in [-0.05, 0) is 80.0 Å². The third kappa shape index (κ3) is 3.76. The van der Waals surface area contributed by atoms with Gasteiger partial charge in [-0.2, -0.15) is 10.2 Å². The van der Waals surface area contributed by atoms with Crippen LogP contribution in [0.15, 0.2) is 54.1 Å². The number of nitriles is 1. The van der Waals surface area contributed by atoms with Crippen molar-refractivity contribution in [2.24, 2.45) is 0 Å². The molecule has 5 rings (SSSR count). The maximum atomic E-state index is 9.74. The van der Waals surface area contributed by atoms with Gasteiger partial charge in [-0.1, -0.05) is 42.5 Å². The summed E-state index contributed by atoms with van der Waals surface area (Å²) in [6, 6.07) is 20.1. The number of imidazole rings is 1. The number of hydrogen-bond acceptors (Lipinski definition) is 4. The third-order valence-corrected chi connectivity index (χ3v) is 6.53. The van der Waals surface area contributed by atoms with E-state index in [1.165, 1.54) is 22.3 Å². The summed E-state index contributed by atoms with van der Waals surface area (Å²) in [5.74, 6) is 0. The lowest BCUT2D eigenvalue weighted by molar-refractivity contribution is 0.301. The standard InChI is InChI=1S/C29H28N4O/c1-5-34-29-32-27-18(2)14-20(4)31-28(27)33(29)17-21-10-13-25-23(15-21)12-11-22-8-6-7-9-24(22)26(25)19(3)16-30/h6-10,13-15H,5,11-12,17H2,1-4H3. The number of pyridine rings is 1. The zero-order chi connectivity index (χ0) is 23.8. The van der Waals surface area contributed by atoms with E-state index in [4.69, 9.17) is 14.7 Å². The minimum Gasteiger partial charge on any atom is -0.465 e. The van der Waals surface area contributed by atoms with Crippen LogP contribution in [0.1, 0.15) is 52.9 Å². The number of rotatable bonds is 4. The maximum absolute atomic E-state index is 9.74. The molecule has 0 unspecified atom stereocenters. The van der Waals surface area contributed by atoms with Gasteiger partial charge in [0.1, 0.15) is 5.52 Å². The molecule has 5 nitrogen and oxygen atoms in total. The van der Waals surface area contributed by atoms with Crippen molar-refractivity contribution in [2.45, 2.75) is 47.1 Å². The molecule has 0 atom stereocenters. The number of nitrogens with zero attached hydrogens (tertiary/aromatic N) is 4. The number of fused-ring (bicyclic) bond motifs is 3. The molecular weight excluding hydrogens is 420 g/mol. The average molecular weight is 449 g/mol. The quantitative estimate of drug-likeness (QED) is 0.363. The van der Waals surface area contributed by atoms with Crippen molar-refractivity contribution in [1.29, 1.82) is 5.26 Å². The van der Waals surface area contributed by atoms with E-state index >= 15 is 0 Å². The molecule has 2 heterocycles. The molecule has 0 saturated carbocycles. The molecule has 0 saturated heterocycles. The molecule has 0 bridgehead atoms. The molecule has 0 amide bonds. The number of aryl methyl sites for hydroxylation is 4. The van der Waals surface area contributed by atoms with Crippen molar-refractivity contribution in [3.05, 3.63) is 93.2 Å². The Hall–Kier alpha value is -3.91. The lowest BCUT2D eigenvalue weighted by Gasteiger charge is -2.15. The van der Waals surface area contributed by atoms with Crippen LogP contribution in [0.5, 0.6) is 6.01 Å². The average Bonchev–Trinajstić information content (AvgIpc) is 3.07. The first-order chi connectivity index (χ1) is 16.5. The smallest absolute Gasteiger partial charge is 0.298 e. The number of ether oxygens (including phenoxy) is 1. The Kier molecular flexibility index (Phi) is 5.67. The zero-order valence-corrected chi connectivity index (χ0v) is 20.1. The van der Waals surface area contributed by atoms with Gasteiger partial charge in [0.25, 0.3) is 6.01 Å². The van der Waals surface area contributed by atoms with Crippen molar-refractivity contribution in [3.8, 4) is 12.1 Å². The first kappa shape index (κ1) is 21.9. The molecule has 2 aromatic carbocycles. The summed E-state index contributed by atoms with van der Waals surface area (Å²) < 4.78 is 7.97. The Bertz CT molecular complexity index is 1490. The Balaban J connectivity index is 1.62. The molecule has 1 aliphatic carbocycles. The Morgan fingerprint density at radius 2 is 1.79 bits per heavy atom. The van der Waals surface area contributed by atoms with E-state index < -0.39 is 0 Å². The molecule has 5 heteroatoms. The van der Waals surface area contributed by atoms with E-state index in [0.717, 1.165) is 52.0 Å². The molecule has 0 radical (unpaired) electrons. The van der Waals surface area contributed by atoms with Gasteiger partial charge in [-0.15, -0.1) is 0 Å². The van der Waals surface area contributed by atoms with Gasteiger partial charge in [-0.25, -0.2) is 4.98 Å². The van der Waals surface area contributed by atoms with Gasteiger partial charge in [0.2, 0.25) is 0 Å². The molecule has 0 aliphatic heterocycles. The minimum absolute atomic E-state index is 0.547. The van der Waals surface area contributed by atoms with Crippen molar-refractivity contribution in [3.63, 3.8) is 0 Å². The Labute approximate surface area is 200 Å². The van der Waals surface area contributed by atoms with Crippen LogP contribution in [-0.2, 0) is 19.4 Å². The molecule has 0 fully saturated rings. The maximum Gasteiger partial charge on any atom is 0.298 e. The van der Waals surface area contributed by atoms with E-state index in [0.29, 0.717) is 19.2 Å². The number of benzene rings is 2. The summed E-state index contributed by atoms with van der Waals surface area (Å²) in [5.41, 5.74) is 11.6. The van der Waals surface area contributed by atoms with Crippen LogP contribution < -0.4 is 4.74 Å². The molecule has 170 valence electrons. The highest BCUT2D eigenvalue weighted by Crippen LogP contribution is 2.36. The number of hydrogen-bond donors (Lipinski definition) is 0. The molecular formula is C29H28N4O. The van der Waals surface area contributed by atoms with E-state index in [1.54, 1.807) is 0 Å². The summed E-state index contributed by atoms with van der Waals surface area (Å²) in [6.07, 6.45) is 1.88. The van der Waals surface area contributed by atoms with Crippen LogP contribution in [0.25, 0.3) is 16.7 Å². The third-order valence-electron chi connectivity index (χ3n) is 6.53. The van der Waals surface area contributed by atoms with Crippen molar-refractivity contribution in [1.82, 2.24) is 14.5 Å². The van der Waals surface area contributed by atoms with Crippen LogP contribution >= 0.6 is 0 Å². The fraction of sp³-hybridized carbons (Fsp3) is 0.276. The molecule has 34 heavy (non-hydrogen) atoms. The Morgan fingerprint density at radius 3 is 2.59 bits per heavy atom. The first-order valence-corrected chi connectivity index (χ1v) is 11.8. The van der Waals surface area contributed by atoms with Crippen molar-refractivity contribution in [2.75, 3.05) is 6.61 Å². The second-order valence-electron chi connectivity index (χ2n) is 8.93. The monoisotopic (exact) mass is 448 g/mol. The second kappa shape index (κ2) is 8.79. The predicted octanol–water partition coefficient (Wildman–Crippen LogP) is 5.94. The lowest BCUT2D eigenvalue weighted by atomic mass is 9.90. The molecule has 1 aliphatic rings. The molecule has 2 aromatic heterocycles. The molecule has 0 spiro atoms. The number of allylic oxidation sites excluding steroid dienone is 1. The van der Waals surface area contributed by atoms with Gasteiger partial charge < -0.3 is 4.74 Å². The first-order valence-electron chi connectivity index (χ1n) is 11.8. The molecule has 0 N–H and O–H groups in total. The summed E-state index contributed by atoms with van der Waals surface area (Å²) in [7, 11) is 0. The fourth-order valence-corrected chi connectivity index (χ4v) is 5.00. The number of aromatic nitrogens is 3.